The molecule has 0 N–H and O–H groups in total. The van der Waals surface area contributed by atoms with Gasteiger partial charge in [0.05, 0.1) is 21.9 Å². The van der Waals surface area contributed by atoms with E-state index in [2.05, 4.69) is 0 Å². The van der Waals surface area contributed by atoms with E-state index in [9.17, 15) is 14.4 Å². The Morgan fingerprint density at radius 3 is 1.68 bits per heavy atom. The first-order valence-electron chi connectivity index (χ1n) is 8.95. The van der Waals surface area contributed by atoms with Gasteiger partial charge < -0.3 is 4.74 Å². The Hall–Kier alpha value is 0.960. The third-order valence-corrected chi connectivity index (χ3v) is 11.6. The summed E-state index contributed by atoms with van der Waals surface area (Å²) in [6.45, 7) is 1.06. The van der Waals surface area contributed by atoms with E-state index in [1.165, 1.54) is 0 Å². The predicted octanol–water partition coefficient (Wildman–Crippen LogP) is 5.72. The van der Waals surface area contributed by atoms with Crippen LogP contribution in [0.4, 0.5) is 0 Å². The van der Waals surface area contributed by atoms with Gasteiger partial charge >= 0.3 is 5.97 Å². The molecule has 7 atom stereocenters. The van der Waals surface area contributed by atoms with Crippen molar-refractivity contribution in [1.29, 1.82) is 0 Å². The molecule has 0 aromatic carbocycles. The summed E-state index contributed by atoms with van der Waals surface area (Å²) in [6.07, 6.45) is -1.57. The number of likely N-dealkylation sites (tertiary alicyclic amines) is 1. The monoisotopic (exact) mass is 609 g/mol. The molecule has 1 saturated heterocycles. The summed E-state index contributed by atoms with van der Waals surface area (Å²) in [7, 11) is 0. The highest BCUT2D eigenvalue weighted by atomic mass is 35.6. The molecule has 5 nitrogen and oxygen atoms in total. The third-order valence-electron chi connectivity index (χ3n) is 6.66. The van der Waals surface area contributed by atoms with Crippen molar-refractivity contribution in [1.82, 2.24) is 4.90 Å². The number of fused-ring (bicyclic) bond motifs is 6. The average Bonchev–Trinajstić information content (AvgIpc) is 3.01. The third kappa shape index (κ3) is 3.00. The minimum atomic E-state index is -2.27. The minimum Gasteiger partial charge on any atom is -0.436 e. The second-order valence-electron chi connectivity index (χ2n) is 8.07. The van der Waals surface area contributed by atoms with E-state index in [0.29, 0.717) is 4.90 Å². The van der Waals surface area contributed by atoms with Crippen LogP contribution in [0.2, 0.25) is 0 Å². The van der Waals surface area contributed by atoms with Gasteiger partial charge in [-0.15, -0.1) is 23.2 Å². The molecule has 3 aliphatic carbocycles. The number of hydrogen-bond acceptors (Lipinski definition) is 4. The molecule has 31 heavy (non-hydrogen) atoms. The van der Waals surface area contributed by atoms with E-state index < -0.39 is 65.6 Å². The van der Waals surface area contributed by atoms with Gasteiger partial charge in [-0.25, -0.2) is 4.90 Å². The molecule has 2 amide bonds. The average molecular weight is 613 g/mol. The lowest BCUT2D eigenvalue weighted by Crippen LogP contribution is -2.50. The predicted molar refractivity (Wildman–Crippen MR) is 121 cm³/mol. The fourth-order valence-electron chi connectivity index (χ4n) is 5.40. The lowest BCUT2D eigenvalue weighted by molar-refractivity contribution is -0.166. The number of nitrogens with zero attached hydrogens (tertiary/aromatic N) is 1. The van der Waals surface area contributed by atoms with E-state index >= 15 is 0 Å². The lowest BCUT2D eigenvalue weighted by Gasteiger charge is -2.42. The maximum atomic E-state index is 13.2. The van der Waals surface area contributed by atoms with Crippen LogP contribution in [0.15, 0.2) is 10.1 Å². The van der Waals surface area contributed by atoms with Crippen LogP contribution in [0, 0.1) is 23.7 Å². The first-order chi connectivity index (χ1) is 14.0. The van der Waals surface area contributed by atoms with Crippen molar-refractivity contribution in [2.75, 3.05) is 0 Å². The number of esters is 1. The quantitative estimate of drug-likeness (QED) is 0.227. The Kier molecular flexibility index (Phi) is 6.05. The Morgan fingerprint density at radius 1 is 0.968 bits per heavy atom. The maximum Gasteiger partial charge on any atom is 0.304 e. The molecule has 2 bridgehead atoms. The SMILES string of the molecule is CC(=O)OC(N1C(=O)C2CC3C(CC2C1=O)C1(Cl)C(Cl)=C(Cl)C3(Cl)C1(Cl)Cl)C(Cl)(Cl)Cl. The smallest absolute Gasteiger partial charge is 0.304 e. The van der Waals surface area contributed by atoms with Gasteiger partial charge in [0.1, 0.15) is 9.75 Å². The fraction of sp³-hybridized carbons (Fsp3) is 0.706. The molecule has 4 aliphatic rings. The summed E-state index contributed by atoms with van der Waals surface area (Å²) >= 11 is 57.4. The van der Waals surface area contributed by atoms with Crippen molar-refractivity contribution in [3.63, 3.8) is 0 Å². The molecule has 1 aliphatic heterocycles. The van der Waals surface area contributed by atoms with Crippen LogP contribution in [0.25, 0.3) is 0 Å². The van der Waals surface area contributed by atoms with Crippen LogP contribution in [-0.2, 0) is 19.1 Å². The topological polar surface area (TPSA) is 63.7 Å². The fourth-order valence-corrected chi connectivity index (χ4v) is 8.94. The van der Waals surface area contributed by atoms with Crippen LogP contribution in [0.3, 0.4) is 0 Å². The summed E-state index contributed by atoms with van der Waals surface area (Å²) in [4.78, 5) is 35.6. The van der Waals surface area contributed by atoms with Gasteiger partial charge in [0.2, 0.25) is 21.8 Å². The number of amides is 2. The molecule has 4 rings (SSSR count). The molecule has 172 valence electrons. The van der Waals surface area contributed by atoms with E-state index in [1.54, 1.807) is 0 Å². The van der Waals surface area contributed by atoms with Gasteiger partial charge in [0.25, 0.3) is 0 Å². The van der Waals surface area contributed by atoms with Crippen molar-refractivity contribution >= 4 is 122 Å². The van der Waals surface area contributed by atoms with E-state index in [4.69, 9.17) is 109 Å². The highest BCUT2D eigenvalue weighted by Crippen LogP contribution is 2.79. The first kappa shape index (κ1) is 25.1. The van der Waals surface area contributed by atoms with Gasteiger partial charge in [-0.05, 0) is 24.7 Å². The summed E-state index contributed by atoms with van der Waals surface area (Å²) in [5.41, 5.74) is 0. The normalized spacial score (nSPS) is 42.1. The molecule has 0 aromatic heterocycles. The van der Waals surface area contributed by atoms with Crippen LogP contribution in [0.5, 0.6) is 0 Å². The first-order valence-corrected chi connectivity index (χ1v) is 12.4. The number of imide groups is 1. The Bertz CT molecular complexity index is 879. The lowest BCUT2D eigenvalue weighted by atomic mass is 9.65. The molecular weight excluding hydrogens is 601 g/mol. The molecule has 2 saturated carbocycles. The number of halogens is 9. The summed E-state index contributed by atoms with van der Waals surface area (Å²) in [5, 5.41) is 0.0338. The van der Waals surface area contributed by atoms with Crippen LogP contribution >= 0.6 is 104 Å². The number of alkyl halides is 7. The zero-order chi connectivity index (χ0) is 23.5. The summed E-state index contributed by atoms with van der Waals surface area (Å²) in [6, 6.07) is 0. The summed E-state index contributed by atoms with van der Waals surface area (Å²) in [5.74, 6) is -4.98. The van der Waals surface area contributed by atoms with Crippen molar-refractivity contribution in [3.8, 4) is 0 Å². The highest BCUT2D eigenvalue weighted by molar-refractivity contribution is 6.68. The Labute approximate surface area is 222 Å². The molecule has 0 aromatic rings. The van der Waals surface area contributed by atoms with Crippen molar-refractivity contribution in [2.45, 2.75) is 43.9 Å². The largest absolute Gasteiger partial charge is 0.436 e. The summed E-state index contributed by atoms with van der Waals surface area (Å²) < 4.78 is 0.969. The van der Waals surface area contributed by atoms with E-state index in [1.807, 2.05) is 0 Å². The van der Waals surface area contributed by atoms with Crippen LogP contribution < -0.4 is 0 Å². The van der Waals surface area contributed by atoms with Gasteiger partial charge in [-0.3, -0.25) is 14.4 Å². The highest BCUT2D eigenvalue weighted by Gasteiger charge is 2.83. The molecule has 0 spiro atoms. The molecule has 3 fully saturated rings. The van der Waals surface area contributed by atoms with Gasteiger partial charge in [0, 0.05) is 6.92 Å². The zero-order valence-electron chi connectivity index (χ0n) is 15.3. The number of hydrogen-bond donors (Lipinski definition) is 0. The second kappa shape index (κ2) is 7.48. The molecular formula is C17H12Cl9NO4. The maximum absolute atomic E-state index is 13.2. The Balaban J connectivity index is 1.74. The van der Waals surface area contributed by atoms with E-state index in [-0.39, 0.29) is 22.9 Å². The van der Waals surface area contributed by atoms with Crippen LogP contribution in [0.1, 0.15) is 19.8 Å². The number of carbonyl (C=O) groups is 3. The minimum absolute atomic E-state index is 0.0169. The van der Waals surface area contributed by atoms with Crippen LogP contribution in [-0.4, -0.2) is 46.8 Å². The Morgan fingerprint density at radius 2 is 1.35 bits per heavy atom. The number of carbonyl (C=O) groups excluding carboxylic acids is 3. The standard InChI is InChI=1S/C17H12Cl9NO4/c1-4(28)31-13(16(22,23)24)27-11(29)5-2-7-8(3-6(5)12(27)30)15(21)10(19)9(18)14(7,20)17(15,25)26/h5-8,13H,2-3H2,1H3. The van der Waals surface area contributed by atoms with Crippen molar-refractivity contribution < 1.29 is 19.1 Å². The van der Waals surface area contributed by atoms with E-state index in [0.717, 1.165) is 6.92 Å². The number of ether oxygens (including phenoxy) is 1. The zero-order valence-corrected chi connectivity index (χ0v) is 22.1. The number of allylic oxidation sites excluding steroid dienone is 2. The second-order valence-corrected chi connectivity index (χ2v) is 13.7. The molecule has 14 heteroatoms. The van der Waals surface area contributed by atoms with Gasteiger partial charge in [-0.1, -0.05) is 81.2 Å². The molecule has 7 unspecified atom stereocenters. The molecule has 0 radical (unpaired) electrons. The van der Waals surface area contributed by atoms with Gasteiger partial charge in [0.15, 0.2) is 4.33 Å². The van der Waals surface area contributed by atoms with Gasteiger partial charge in [-0.2, -0.15) is 0 Å². The number of rotatable bonds is 2. The van der Waals surface area contributed by atoms with Crippen molar-refractivity contribution in [2.24, 2.45) is 23.7 Å². The van der Waals surface area contributed by atoms with Crippen molar-refractivity contribution in [3.05, 3.63) is 10.1 Å². The molecule has 1 heterocycles.